The highest BCUT2D eigenvalue weighted by Gasteiger charge is 2.17. The van der Waals surface area contributed by atoms with Gasteiger partial charge in [0.1, 0.15) is 0 Å². The molecule has 0 bridgehead atoms. The summed E-state index contributed by atoms with van der Waals surface area (Å²) in [4.78, 5) is 0. The second kappa shape index (κ2) is 6.48. The summed E-state index contributed by atoms with van der Waals surface area (Å²) in [6, 6.07) is 5.64. The van der Waals surface area contributed by atoms with Crippen LogP contribution in [0.3, 0.4) is 0 Å². The van der Waals surface area contributed by atoms with Crippen molar-refractivity contribution in [2.24, 2.45) is 0 Å². The Morgan fingerprint density at radius 1 is 1.33 bits per heavy atom. The summed E-state index contributed by atoms with van der Waals surface area (Å²) in [7, 11) is 0. The average molecular weight is 302 g/mol. The first-order chi connectivity index (χ1) is 8.72. The fourth-order valence-electron chi connectivity index (χ4n) is 1.78. The third kappa shape index (κ3) is 3.20. The third-order valence-corrected chi connectivity index (χ3v) is 3.86. The Hall–Kier alpha value is -0.680. The molecule has 6 heteroatoms. The van der Waals surface area contributed by atoms with Crippen molar-refractivity contribution in [1.82, 2.24) is 14.1 Å². The molecular formula is C12H13Cl2N3S. The quantitative estimate of drug-likeness (QED) is 0.914. The molecule has 1 unspecified atom stereocenters. The van der Waals surface area contributed by atoms with Crippen LogP contribution in [0.25, 0.3) is 0 Å². The van der Waals surface area contributed by atoms with E-state index in [0.29, 0.717) is 16.5 Å². The van der Waals surface area contributed by atoms with Crippen LogP contribution in [0.2, 0.25) is 10.0 Å². The van der Waals surface area contributed by atoms with Gasteiger partial charge in [0.25, 0.3) is 0 Å². The maximum Gasteiger partial charge on any atom is 0.0915 e. The molecule has 2 aromatic rings. The smallest absolute Gasteiger partial charge is 0.0915 e. The van der Waals surface area contributed by atoms with Crippen molar-refractivity contribution < 1.29 is 0 Å². The number of likely N-dealkylation sites (N-methyl/N-ethyl adjacent to an activating group) is 1. The number of rotatable bonds is 5. The molecule has 18 heavy (non-hydrogen) atoms. The summed E-state index contributed by atoms with van der Waals surface area (Å²) in [6.45, 7) is 2.91. The predicted octanol–water partition coefficient (Wildman–Crippen LogP) is 3.74. The molecule has 0 fully saturated rings. The number of nitrogens with zero attached hydrogens (tertiary/aromatic N) is 2. The van der Waals surface area contributed by atoms with Crippen molar-refractivity contribution in [3.63, 3.8) is 0 Å². The normalized spacial score (nSPS) is 12.6. The van der Waals surface area contributed by atoms with Gasteiger partial charge in [-0.05, 0) is 30.7 Å². The molecule has 0 aliphatic carbocycles. The molecule has 0 amide bonds. The largest absolute Gasteiger partial charge is 0.309 e. The van der Waals surface area contributed by atoms with E-state index < -0.39 is 0 Å². The molecule has 0 radical (unpaired) electrons. The van der Waals surface area contributed by atoms with Crippen molar-refractivity contribution in [3.8, 4) is 0 Å². The van der Waals surface area contributed by atoms with E-state index in [1.165, 1.54) is 11.7 Å². The van der Waals surface area contributed by atoms with Gasteiger partial charge < -0.3 is 5.32 Å². The van der Waals surface area contributed by atoms with Crippen LogP contribution in [0.15, 0.2) is 24.4 Å². The minimum absolute atomic E-state index is 0.0890. The van der Waals surface area contributed by atoms with Gasteiger partial charge in [-0.1, -0.05) is 36.2 Å². The highest BCUT2D eigenvalue weighted by Crippen LogP contribution is 2.28. The monoisotopic (exact) mass is 301 g/mol. The first kappa shape index (κ1) is 13.7. The summed E-state index contributed by atoms with van der Waals surface area (Å²) in [5, 5.41) is 4.75. The SMILES string of the molecule is CCNC(Cc1c(Cl)cccc1Cl)c1cnsn1. The summed E-state index contributed by atoms with van der Waals surface area (Å²) < 4.78 is 8.31. The molecule has 3 nitrogen and oxygen atoms in total. The van der Waals surface area contributed by atoms with Crippen LogP contribution in [-0.2, 0) is 6.42 Å². The Bertz CT molecular complexity index is 482. The number of benzene rings is 1. The van der Waals surface area contributed by atoms with Gasteiger partial charge in [0.05, 0.1) is 29.7 Å². The fourth-order valence-corrected chi connectivity index (χ4v) is 2.81. The zero-order chi connectivity index (χ0) is 13.0. The van der Waals surface area contributed by atoms with Gasteiger partial charge in [-0.15, -0.1) is 0 Å². The Morgan fingerprint density at radius 2 is 2.06 bits per heavy atom. The molecule has 1 atom stereocenters. The van der Waals surface area contributed by atoms with Crippen molar-refractivity contribution in [1.29, 1.82) is 0 Å². The van der Waals surface area contributed by atoms with Gasteiger partial charge in [-0.2, -0.15) is 8.75 Å². The van der Waals surface area contributed by atoms with Crippen LogP contribution >= 0.6 is 34.9 Å². The van der Waals surface area contributed by atoms with E-state index in [4.69, 9.17) is 23.2 Å². The molecular weight excluding hydrogens is 289 g/mol. The molecule has 96 valence electrons. The summed E-state index contributed by atoms with van der Waals surface area (Å²) in [6.07, 6.45) is 2.49. The fraction of sp³-hybridized carbons (Fsp3) is 0.333. The molecule has 0 saturated heterocycles. The van der Waals surface area contributed by atoms with E-state index in [1.807, 2.05) is 18.2 Å². The van der Waals surface area contributed by atoms with Gasteiger partial charge in [-0.25, -0.2) is 0 Å². The predicted molar refractivity (Wildman–Crippen MR) is 76.5 cm³/mol. The molecule has 2 rings (SSSR count). The molecule has 0 aliphatic rings. The van der Waals surface area contributed by atoms with E-state index >= 15 is 0 Å². The molecule has 0 saturated carbocycles. The van der Waals surface area contributed by atoms with Gasteiger partial charge in [0.2, 0.25) is 0 Å². The minimum Gasteiger partial charge on any atom is -0.309 e. The number of hydrogen-bond donors (Lipinski definition) is 1. The van der Waals surface area contributed by atoms with E-state index in [-0.39, 0.29) is 6.04 Å². The van der Waals surface area contributed by atoms with E-state index in [1.54, 1.807) is 6.20 Å². The maximum absolute atomic E-state index is 6.19. The number of aromatic nitrogens is 2. The minimum atomic E-state index is 0.0890. The van der Waals surface area contributed by atoms with Crippen molar-refractivity contribution in [2.45, 2.75) is 19.4 Å². The summed E-state index contributed by atoms with van der Waals surface area (Å²) >= 11 is 13.6. The second-order valence-electron chi connectivity index (χ2n) is 3.85. The van der Waals surface area contributed by atoms with Gasteiger partial charge in [0, 0.05) is 10.0 Å². The number of nitrogens with one attached hydrogen (secondary N) is 1. The van der Waals surface area contributed by atoms with Crippen LogP contribution in [0.4, 0.5) is 0 Å². The highest BCUT2D eigenvalue weighted by atomic mass is 35.5. The molecule has 1 aromatic carbocycles. The van der Waals surface area contributed by atoms with Crippen molar-refractivity contribution in [3.05, 3.63) is 45.7 Å². The van der Waals surface area contributed by atoms with Crippen LogP contribution in [-0.4, -0.2) is 15.3 Å². The van der Waals surface area contributed by atoms with Crippen molar-refractivity contribution in [2.75, 3.05) is 6.54 Å². The maximum atomic E-state index is 6.19. The lowest BCUT2D eigenvalue weighted by Gasteiger charge is -2.17. The van der Waals surface area contributed by atoms with Crippen LogP contribution in [0.5, 0.6) is 0 Å². The molecule has 0 aliphatic heterocycles. The molecule has 1 N–H and O–H groups in total. The van der Waals surface area contributed by atoms with Gasteiger partial charge >= 0.3 is 0 Å². The second-order valence-corrected chi connectivity index (χ2v) is 5.22. The van der Waals surface area contributed by atoms with Gasteiger partial charge in [-0.3, -0.25) is 0 Å². The van der Waals surface area contributed by atoms with E-state index in [9.17, 15) is 0 Å². The van der Waals surface area contributed by atoms with E-state index in [2.05, 4.69) is 21.0 Å². The molecule has 1 heterocycles. The van der Waals surface area contributed by atoms with Crippen molar-refractivity contribution >= 4 is 34.9 Å². The Balaban J connectivity index is 2.24. The topological polar surface area (TPSA) is 37.8 Å². The molecule has 1 aromatic heterocycles. The lowest BCUT2D eigenvalue weighted by Crippen LogP contribution is -2.23. The Morgan fingerprint density at radius 3 is 2.61 bits per heavy atom. The van der Waals surface area contributed by atoms with Gasteiger partial charge in [0.15, 0.2) is 0 Å². The van der Waals surface area contributed by atoms with E-state index in [0.717, 1.165) is 17.8 Å². The first-order valence-corrected chi connectivity index (χ1v) is 7.14. The molecule has 0 spiro atoms. The standard InChI is InChI=1S/C12H13Cl2N3S/c1-2-15-11(12-7-16-18-17-12)6-8-9(13)4-3-5-10(8)14/h3-5,7,11,15H,2,6H2,1H3. The zero-order valence-electron chi connectivity index (χ0n) is 9.86. The lowest BCUT2D eigenvalue weighted by molar-refractivity contribution is 0.540. The summed E-state index contributed by atoms with van der Waals surface area (Å²) in [5.41, 5.74) is 1.87. The van der Waals surface area contributed by atoms with Crippen LogP contribution in [0.1, 0.15) is 24.2 Å². The summed E-state index contributed by atoms with van der Waals surface area (Å²) in [5.74, 6) is 0. The first-order valence-electron chi connectivity index (χ1n) is 5.66. The van der Waals surface area contributed by atoms with Crippen LogP contribution < -0.4 is 5.32 Å². The van der Waals surface area contributed by atoms with Crippen LogP contribution in [0, 0.1) is 0 Å². The number of halogens is 2. The highest BCUT2D eigenvalue weighted by molar-refractivity contribution is 6.99. The number of hydrogen-bond acceptors (Lipinski definition) is 4. The zero-order valence-corrected chi connectivity index (χ0v) is 12.2. The lowest BCUT2D eigenvalue weighted by atomic mass is 10.0. The third-order valence-electron chi connectivity index (χ3n) is 2.66. The Kier molecular flexibility index (Phi) is 4.95. The Labute approximate surface area is 120 Å². The average Bonchev–Trinajstić information content (AvgIpc) is 2.86.